The van der Waals surface area contributed by atoms with Crippen LogP contribution in [0.1, 0.15) is 27.2 Å². The molecule has 0 radical (unpaired) electrons. The average molecular weight is 180 g/mol. The van der Waals surface area contributed by atoms with E-state index >= 15 is 0 Å². The third-order valence-electron chi connectivity index (χ3n) is 3.07. The van der Waals surface area contributed by atoms with E-state index in [1.807, 2.05) is 0 Å². The van der Waals surface area contributed by atoms with Gasteiger partial charge in [-0.1, -0.05) is 12.8 Å². The lowest BCUT2D eigenvalue weighted by molar-refractivity contribution is 0.107. The molecule has 1 aliphatic rings. The summed E-state index contributed by atoms with van der Waals surface area (Å²) >= 11 is 0. The zero-order valence-corrected chi connectivity index (χ0v) is 8.93. The Morgan fingerprint density at radius 3 is 2.92 bits per heavy atom. The predicted octanol–water partition coefficient (Wildman–Crippen LogP) is 1.08. The largest absolute Gasteiger partial charge is 0.309 e. The summed E-state index contributed by atoms with van der Waals surface area (Å²) in [5, 5.41) is 3.57. The van der Waals surface area contributed by atoms with Crippen LogP contribution < -0.4 is 5.32 Å². The van der Waals surface area contributed by atoms with E-state index in [-0.39, 0.29) is 5.54 Å². The van der Waals surface area contributed by atoms with Gasteiger partial charge in [-0.25, -0.2) is 0 Å². The maximum absolute atomic E-state index is 5.34. The predicted molar refractivity (Wildman–Crippen MR) is 56.6 cm³/mol. The molecule has 2 atom stereocenters. The fourth-order valence-electron chi connectivity index (χ4n) is 1.75. The van der Waals surface area contributed by atoms with Crippen molar-refractivity contribution in [1.82, 2.24) is 10.2 Å². The van der Waals surface area contributed by atoms with Crippen LogP contribution in [0, 0.1) is 12.3 Å². The fraction of sp³-hybridized carbons (Fsp3) is 0.818. The van der Waals surface area contributed by atoms with Gasteiger partial charge in [-0.15, -0.1) is 6.42 Å². The maximum Gasteiger partial charge on any atom is 0.0602 e. The maximum atomic E-state index is 5.34. The molecule has 0 bridgehead atoms. The highest BCUT2D eigenvalue weighted by Gasteiger charge is 2.31. The van der Waals surface area contributed by atoms with Crippen molar-refractivity contribution in [3.8, 4) is 12.3 Å². The highest BCUT2D eigenvalue weighted by atomic mass is 15.2. The number of nitrogens with one attached hydrogen (secondary N) is 1. The molecule has 13 heavy (non-hydrogen) atoms. The van der Waals surface area contributed by atoms with Crippen molar-refractivity contribution in [3.63, 3.8) is 0 Å². The first kappa shape index (κ1) is 10.6. The molecule has 2 nitrogen and oxygen atoms in total. The zero-order chi connectivity index (χ0) is 9.90. The molecule has 0 aromatic heterocycles. The van der Waals surface area contributed by atoms with Gasteiger partial charge in [0.05, 0.1) is 6.54 Å². The molecule has 1 heterocycles. The quantitative estimate of drug-likeness (QED) is 0.640. The molecule has 0 spiro atoms. The van der Waals surface area contributed by atoms with Crippen molar-refractivity contribution in [1.29, 1.82) is 0 Å². The van der Waals surface area contributed by atoms with Gasteiger partial charge >= 0.3 is 0 Å². The Labute approximate surface area is 81.7 Å². The van der Waals surface area contributed by atoms with E-state index in [9.17, 15) is 0 Å². The molecule has 0 aromatic rings. The normalized spacial score (nSPS) is 35.7. The molecule has 1 N–H and O–H groups in total. The monoisotopic (exact) mass is 180 g/mol. The van der Waals surface area contributed by atoms with Crippen molar-refractivity contribution in [2.24, 2.45) is 0 Å². The molecule has 1 saturated heterocycles. The van der Waals surface area contributed by atoms with E-state index in [2.05, 4.69) is 36.9 Å². The first-order chi connectivity index (χ1) is 6.11. The van der Waals surface area contributed by atoms with Gasteiger partial charge in [-0.2, -0.15) is 0 Å². The van der Waals surface area contributed by atoms with Crippen LogP contribution in [0.2, 0.25) is 0 Å². The second kappa shape index (κ2) is 4.13. The third kappa shape index (κ3) is 2.46. The summed E-state index contributed by atoms with van der Waals surface area (Å²) in [5.41, 5.74) is 0.253. The number of piperazine rings is 1. The van der Waals surface area contributed by atoms with Crippen LogP contribution in [0.15, 0.2) is 0 Å². The summed E-state index contributed by atoms with van der Waals surface area (Å²) < 4.78 is 0. The lowest BCUT2D eigenvalue weighted by Crippen LogP contribution is -2.61. The Kier molecular flexibility index (Phi) is 3.35. The number of terminal acetylenes is 1. The Morgan fingerprint density at radius 1 is 1.69 bits per heavy atom. The highest BCUT2D eigenvalue weighted by molar-refractivity contribution is 4.98. The number of rotatable bonds is 2. The van der Waals surface area contributed by atoms with Gasteiger partial charge in [0, 0.05) is 24.7 Å². The summed E-state index contributed by atoms with van der Waals surface area (Å²) in [5.74, 6) is 2.73. The Balaban J connectivity index is 2.58. The van der Waals surface area contributed by atoms with E-state index in [1.165, 1.54) is 0 Å². The van der Waals surface area contributed by atoms with Crippen molar-refractivity contribution >= 4 is 0 Å². The average Bonchev–Trinajstić information content (AvgIpc) is 2.12. The molecule has 2 heteroatoms. The summed E-state index contributed by atoms with van der Waals surface area (Å²) in [4.78, 5) is 2.38. The Morgan fingerprint density at radius 2 is 2.38 bits per heavy atom. The summed E-state index contributed by atoms with van der Waals surface area (Å²) in [6.45, 7) is 9.60. The molecule has 74 valence electrons. The number of nitrogens with zero attached hydrogens (tertiary/aromatic N) is 1. The van der Waals surface area contributed by atoms with Gasteiger partial charge in [0.15, 0.2) is 0 Å². The van der Waals surface area contributed by atoms with E-state index in [0.29, 0.717) is 6.04 Å². The topological polar surface area (TPSA) is 15.3 Å². The van der Waals surface area contributed by atoms with E-state index in [0.717, 1.165) is 26.1 Å². The smallest absolute Gasteiger partial charge is 0.0602 e. The van der Waals surface area contributed by atoms with Crippen molar-refractivity contribution in [3.05, 3.63) is 0 Å². The van der Waals surface area contributed by atoms with Gasteiger partial charge in [-0.05, 0) is 20.3 Å². The van der Waals surface area contributed by atoms with Crippen LogP contribution >= 0.6 is 0 Å². The first-order valence-electron chi connectivity index (χ1n) is 5.04. The van der Waals surface area contributed by atoms with E-state index in [4.69, 9.17) is 6.42 Å². The number of hydrogen-bond donors (Lipinski definition) is 1. The van der Waals surface area contributed by atoms with E-state index in [1.54, 1.807) is 0 Å². The Bertz CT molecular complexity index is 207. The molecule has 1 aliphatic heterocycles. The molecule has 0 aromatic carbocycles. The minimum atomic E-state index is 0.253. The molecule has 1 rings (SSSR count). The highest BCUT2D eigenvalue weighted by Crippen LogP contribution is 2.17. The second-order valence-electron chi connectivity index (χ2n) is 4.25. The second-order valence-corrected chi connectivity index (χ2v) is 4.25. The van der Waals surface area contributed by atoms with Crippen LogP contribution in [-0.4, -0.2) is 36.1 Å². The van der Waals surface area contributed by atoms with Crippen LogP contribution in [-0.2, 0) is 0 Å². The lowest BCUT2D eigenvalue weighted by atomic mass is 9.94. The molecule has 0 amide bonds. The van der Waals surface area contributed by atoms with Crippen LogP contribution in [0.25, 0.3) is 0 Å². The summed E-state index contributed by atoms with van der Waals surface area (Å²) in [6.07, 6.45) is 6.49. The standard InChI is InChI=1S/C11H20N2/c1-5-7-13-9-11(4,6-2)12-8-10(13)3/h1,10,12H,6-9H2,2-4H3. The van der Waals surface area contributed by atoms with Gasteiger partial charge in [-0.3, -0.25) is 4.90 Å². The van der Waals surface area contributed by atoms with Gasteiger partial charge in [0.25, 0.3) is 0 Å². The lowest BCUT2D eigenvalue weighted by Gasteiger charge is -2.44. The molecule has 0 aliphatic carbocycles. The first-order valence-corrected chi connectivity index (χ1v) is 5.04. The van der Waals surface area contributed by atoms with Crippen LogP contribution in [0.4, 0.5) is 0 Å². The van der Waals surface area contributed by atoms with Gasteiger partial charge in [0.1, 0.15) is 0 Å². The molecular weight excluding hydrogens is 160 g/mol. The molecular formula is C11H20N2. The van der Waals surface area contributed by atoms with Crippen molar-refractivity contribution < 1.29 is 0 Å². The third-order valence-corrected chi connectivity index (χ3v) is 3.07. The molecule has 0 saturated carbocycles. The minimum Gasteiger partial charge on any atom is -0.309 e. The molecule has 1 fully saturated rings. The van der Waals surface area contributed by atoms with E-state index < -0.39 is 0 Å². The SMILES string of the molecule is C#CCN1CC(C)(CC)NCC1C. The van der Waals surface area contributed by atoms with Crippen molar-refractivity contribution in [2.75, 3.05) is 19.6 Å². The van der Waals surface area contributed by atoms with Crippen LogP contribution in [0.5, 0.6) is 0 Å². The molecule has 2 unspecified atom stereocenters. The van der Waals surface area contributed by atoms with Gasteiger partial charge in [0.2, 0.25) is 0 Å². The minimum absolute atomic E-state index is 0.253. The van der Waals surface area contributed by atoms with Crippen LogP contribution in [0.3, 0.4) is 0 Å². The summed E-state index contributed by atoms with van der Waals surface area (Å²) in [7, 11) is 0. The van der Waals surface area contributed by atoms with Gasteiger partial charge < -0.3 is 5.32 Å². The Hall–Kier alpha value is -0.520. The zero-order valence-electron chi connectivity index (χ0n) is 8.93. The summed E-state index contributed by atoms with van der Waals surface area (Å²) in [6, 6.07) is 0.565. The fourth-order valence-corrected chi connectivity index (χ4v) is 1.75. The van der Waals surface area contributed by atoms with Crippen molar-refractivity contribution in [2.45, 2.75) is 38.8 Å². The number of hydrogen-bond acceptors (Lipinski definition) is 2.